The fraction of sp³-hybridized carbons (Fsp3) is 0.0870. The van der Waals surface area contributed by atoms with Crippen LogP contribution in [0.4, 0.5) is 5.69 Å². The minimum Gasteiger partial charge on any atom is -0.496 e. The fourth-order valence-corrected chi connectivity index (χ4v) is 3.34. The van der Waals surface area contributed by atoms with Gasteiger partial charge in [0.05, 0.1) is 41.3 Å². The second kappa shape index (κ2) is 8.31. The predicted molar refractivity (Wildman–Crippen MR) is 112 cm³/mol. The lowest BCUT2D eigenvalue weighted by atomic mass is 10.1. The molecule has 0 aliphatic carbocycles. The van der Waals surface area contributed by atoms with E-state index in [1.165, 1.54) is 37.4 Å². The van der Waals surface area contributed by atoms with Crippen LogP contribution in [0.2, 0.25) is 0 Å². The van der Waals surface area contributed by atoms with Gasteiger partial charge in [-0.05, 0) is 35.9 Å². The number of rotatable bonds is 6. The van der Waals surface area contributed by atoms with Crippen molar-refractivity contribution in [1.82, 2.24) is 4.90 Å². The Hall–Kier alpha value is -4.53. The Morgan fingerprint density at radius 2 is 1.69 bits per heavy atom. The smallest absolute Gasteiger partial charge is 0.343 e. The van der Waals surface area contributed by atoms with Crippen LogP contribution in [0.15, 0.2) is 66.7 Å². The summed E-state index contributed by atoms with van der Waals surface area (Å²) in [6.07, 6.45) is 0. The first-order valence-corrected chi connectivity index (χ1v) is 9.48. The molecule has 0 spiro atoms. The van der Waals surface area contributed by atoms with Crippen molar-refractivity contribution in [3.05, 3.63) is 99.1 Å². The summed E-state index contributed by atoms with van der Waals surface area (Å²) in [5.74, 6) is -1.92. The number of nitro groups is 1. The lowest BCUT2D eigenvalue weighted by Gasteiger charge is -2.13. The summed E-state index contributed by atoms with van der Waals surface area (Å²) >= 11 is 0. The number of fused-ring (bicyclic) bond motifs is 1. The van der Waals surface area contributed by atoms with Crippen LogP contribution in [0.3, 0.4) is 0 Å². The number of amides is 2. The number of nitro benzene ring substituents is 1. The van der Waals surface area contributed by atoms with Crippen LogP contribution in [0.5, 0.6) is 11.5 Å². The van der Waals surface area contributed by atoms with E-state index in [1.807, 2.05) is 6.07 Å². The van der Waals surface area contributed by atoms with Crippen molar-refractivity contribution in [2.75, 3.05) is 7.11 Å². The molecule has 0 fully saturated rings. The molecule has 0 radical (unpaired) electrons. The van der Waals surface area contributed by atoms with Gasteiger partial charge in [-0.25, -0.2) is 4.79 Å². The number of benzene rings is 3. The molecule has 0 saturated heterocycles. The van der Waals surface area contributed by atoms with Gasteiger partial charge in [0.25, 0.3) is 11.8 Å². The van der Waals surface area contributed by atoms with Crippen molar-refractivity contribution < 1.29 is 28.8 Å². The Morgan fingerprint density at radius 3 is 2.38 bits per heavy atom. The first-order chi connectivity index (χ1) is 15.4. The number of carbonyl (C=O) groups is 3. The van der Waals surface area contributed by atoms with Gasteiger partial charge < -0.3 is 9.47 Å². The molecule has 0 bridgehead atoms. The van der Waals surface area contributed by atoms with Crippen molar-refractivity contribution in [2.45, 2.75) is 6.54 Å². The molecule has 3 aromatic rings. The molecule has 4 rings (SSSR count). The number of hydrogen-bond acceptors (Lipinski definition) is 7. The van der Waals surface area contributed by atoms with Gasteiger partial charge in [-0.15, -0.1) is 0 Å². The number of imide groups is 1. The second-order valence-electron chi connectivity index (χ2n) is 6.92. The van der Waals surface area contributed by atoms with E-state index in [1.54, 1.807) is 24.3 Å². The lowest BCUT2D eigenvalue weighted by Crippen LogP contribution is -2.29. The molecule has 1 aliphatic heterocycles. The van der Waals surface area contributed by atoms with Crippen molar-refractivity contribution in [2.24, 2.45) is 0 Å². The molecule has 32 heavy (non-hydrogen) atoms. The van der Waals surface area contributed by atoms with Crippen LogP contribution < -0.4 is 9.47 Å². The number of ether oxygens (including phenoxy) is 2. The minimum atomic E-state index is -0.900. The molecule has 9 nitrogen and oxygen atoms in total. The third kappa shape index (κ3) is 3.79. The van der Waals surface area contributed by atoms with Crippen LogP contribution in [0, 0.1) is 10.1 Å². The average Bonchev–Trinajstić information content (AvgIpc) is 3.04. The van der Waals surface area contributed by atoms with Gasteiger partial charge in [-0.1, -0.05) is 30.3 Å². The Bertz CT molecular complexity index is 1250. The monoisotopic (exact) mass is 432 g/mol. The Morgan fingerprint density at radius 1 is 0.969 bits per heavy atom. The first kappa shape index (κ1) is 20.7. The molecule has 3 aromatic carbocycles. The van der Waals surface area contributed by atoms with E-state index >= 15 is 0 Å². The number of nitrogens with zero attached hydrogens (tertiary/aromatic N) is 2. The van der Waals surface area contributed by atoms with E-state index in [-0.39, 0.29) is 34.7 Å². The van der Waals surface area contributed by atoms with Gasteiger partial charge in [0, 0.05) is 0 Å². The lowest BCUT2D eigenvalue weighted by molar-refractivity contribution is -0.385. The summed E-state index contributed by atoms with van der Waals surface area (Å²) in [5.41, 5.74) is 0.576. The van der Waals surface area contributed by atoms with Gasteiger partial charge in [0.2, 0.25) is 5.75 Å². The molecule has 0 atom stereocenters. The zero-order chi connectivity index (χ0) is 22.8. The highest BCUT2D eigenvalue weighted by atomic mass is 16.6. The van der Waals surface area contributed by atoms with Crippen LogP contribution in [0.1, 0.15) is 36.6 Å². The van der Waals surface area contributed by atoms with E-state index < -0.39 is 28.4 Å². The van der Waals surface area contributed by atoms with Gasteiger partial charge in [0.1, 0.15) is 5.75 Å². The maximum Gasteiger partial charge on any atom is 0.343 e. The first-order valence-electron chi connectivity index (χ1n) is 9.48. The predicted octanol–water partition coefficient (Wildman–Crippen LogP) is 3.62. The van der Waals surface area contributed by atoms with Crippen molar-refractivity contribution >= 4 is 23.5 Å². The Labute approximate surface area is 181 Å². The highest BCUT2D eigenvalue weighted by Gasteiger charge is 2.36. The molecule has 0 unspecified atom stereocenters. The largest absolute Gasteiger partial charge is 0.496 e. The normalized spacial score (nSPS) is 12.5. The maximum atomic E-state index is 12.8. The van der Waals surface area contributed by atoms with Crippen LogP contribution in [-0.2, 0) is 6.54 Å². The fourth-order valence-electron chi connectivity index (χ4n) is 3.34. The van der Waals surface area contributed by atoms with Crippen molar-refractivity contribution in [3.8, 4) is 11.5 Å². The number of esters is 1. The summed E-state index contributed by atoms with van der Waals surface area (Å²) < 4.78 is 10.1. The molecule has 2 amide bonds. The molecule has 1 aliphatic rings. The van der Waals surface area contributed by atoms with E-state index in [2.05, 4.69) is 0 Å². The van der Waals surface area contributed by atoms with E-state index in [0.29, 0.717) is 0 Å². The summed E-state index contributed by atoms with van der Waals surface area (Å²) in [7, 11) is 1.36. The summed E-state index contributed by atoms with van der Waals surface area (Å²) in [5, 5.41) is 11.3. The number of hydrogen-bond donors (Lipinski definition) is 0. The SMILES string of the molecule is COc1ccc(OC(=O)c2ccc3c(c2)C(=O)N(Cc2ccccc2)C3=O)c([N+](=O)[O-])c1. The van der Waals surface area contributed by atoms with Crippen LogP contribution in [-0.4, -0.2) is 34.7 Å². The molecule has 0 N–H and O–H groups in total. The molecule has 0 saturated carbocycles. The highest BCUT2D eigenvalue weighted by Crippen LogP contribution is 2.32. The summed E-state index contributed by atoms with van der Waals surface area (Å²) in [6.45, 7) is 0.102. The molecule has 0 aromatic heterocycles. The number of carbonyl (C=O) groups excluding carboxylic acids is 3. The topological polar surface area (TPSA) is 116 Å². The van der Waals surface area contributed by atoms with Gasteiger partial charge in [0.15, 0.2) is 0 Å². The van der Waals surface area contributed by atoms with E-state index in [0.717, 1.165) is 16.5 Å². The molecular weight excluding hydrogens is 416 g/mol. The Kier molecular flexibility index (Phi) is 5.38. The van der Waals surface area contributed by atoms with Crippen LogP contribution in [0.25, 0.3) is 0 Å². The average molecular weight is 432 g/mol. The third-order valence-electron chi connectivity index (χ3n) is 4.96. The summed E-state index contributed by atoms with van der Waals surface area (Å²) in [6, 6.07) is 16.8. The highest BCUT2D eigenvalue weighted by molar-refractivity contribution is 6.21. The van der Waals surface area contributed by atoms with Crippen LogP contribution >= 0.6 is 0 Å². The van der Waals surface area contributed by atoms with Gasteiger partial charge in [-0.2, -0.15) is 0 Å². The van der Waals surface area contributed by atoms with E-state index in [4.69, 9.17) is 9.47 Å². The Balaban J connectivity index is 1.58. The van der Waals surface area contributed by atoms with Crippen molar-refractivity contribution in [1.29, 1.82) is 0 Å². The zero-order valence-corrected chi connectivity index (χ0v) is 16.8. The maximum absolute atomic E-state index is 12.8. The van der Waals surface area contributed by atoms with E-state index in [9.17, 15) is 24.5 Å². The van der Waals surface area contributed by atoms with Gasteiger partial charge >= 0.3 is 11.7 Å². The molecular formula is C23H16N2O7. The minimum absolute atomic E-state index is 0.0171. The number of methoxy groups -OCH3 is 1. The second-order valence-corrected chi connectivity index (χ2v) is 6.92. The van der Waals surface area contributed by atoms with Gasteiger partial charge in [-0.3, -0.25) is 24.6 Å². The standard InChI is InChI=1S/C23H16N2O7/c1-31-16-8-10-20(19(12-16)25(29)30)32-23(28)15-7-9-17-18(11-15)22(27)24(21(17)26)13-14-5-3-2-4-6-14/h2-12H,13H2,1H3. The third-order valence-corrected chi connectivity index (χ3v) is 4.96. The summed E-state index contributed by atoms with van der Waals surface area (Å²) in [4.78, 5) is 49.8. The quantitative estimate of drug-likeness (QED) is 0.192. The molecule has 1 heterocycles. The zero-order valence-electron chi connectivity index (χ0n) is 16.8. The van der Waals surface area contributed by atoms with Crippen molar-refractivity contribution in [3.63, 3.8) is 0 Å². The molecule has 9 heteroatoms. The molecule has 160 valence electrons.